The molecule has 0 spiro atoms. The van der Waals surface area contributed by atoms with Gasteiger partial charge in [0.25, 0.3) is 5.91 Å². The number of fused-ring (bicyclic) bond motifs is 1. The molecule has 0 fully saturated rings. The number of nitrogens with zero attached hydrogens (tertiary/aromatic N) is 5. The molecular weight excluding hydrogens is 370 g/mol. The number of hydrogen-bond donors (Lipinski definition) is 0. The zero-order valence-electron chi connectivity index (χ0n) is 13.6. The molecule has 7 nitrogen and oxygen atoms in total. The number of halogens is 4. The maximum absolute atomic E-state index is 13.0. The van der Waals surface area contributed by atoms with Crippen LogP contribution >= 0.6 is 0 Å². The van der Waals surface area contributed by atoms with Crippen molar-refractivity contribution in [3.8, 4) is 11.3 Å². The summed E-state index contributed by atoms with van der Waals surface area (Å²) < 4.78 is 57.7. The van der Waals surface area contributed by atoms with E-state index in [1.807, 2.05) is 0 Å². The Bertz CT molecular complexity index is 993. The lowest BCUT2D eigenvalue weighted by Gasteiger charge is -2.27. The van der Waals surface area contributed by atoms with E-state index >= 15 is 0 Å². The number of hydrogen-bond acceptors (Lipinski definition) is 5. The van der Waals surface area contributed by atoms with Crippen LogP contribution < -0.4 is 0 Å². The molecule has 27 heavy (non-hydrogen) atoms. The fourth-order valence-electron chi connectivity index (χ4n) is 2.83. The Morgan fingerprint density at radius 1 is 1.11 bits per heavy atom. The molecule has 0 saturated carbocycles. The molecule has 1 aliphatic rings. The highest BCUT2D eigenvalue weighted by Crippen LogP contribution is 2.30. The molecule has 1 amide bonds. The van der Waals surface area contributed by atoms with E-state index in [1.165, 1.54) is 35.2 Å². The van der Waals surface area contributed by atoms with Crippen molar-refractivity contribution in [3.63, 3.8) is 0 Å². The van der Waals surface area contributed by atoms with Gasteiger partial charge in [-0.1, -0.05) is 5.16 Å². The Morgan fingerprint density at radius 3 is 2.56 bits per heavy atom. The Labute approximate surface area is 149 Å². The number of rotatable bonds is 2. The maximum Gasteiger partial charge on any atom is 0.451 e. The van der Waals surface area contributed by atoms with Crippen LogP contribution in [-0.2, 0) is 19.3 Å². The summed E-state index contributed by atoms with van der Waals surface area (Å²) in [7, 11) is 0. The molecule has 11 heteroatoms. The fraction of sp³-hybridized carbons (Fsp3) is 0.250. The van der Waals surface area contributed by atoms with E-state index in [1.54, 1.807) is 0 Å². The van der Waals surface area contributed by atoms with Crippen LogP contribution in [0.2, 0.25) is 0 Å². The van der Waals surface area contributed by atoms with E-state index in [0.29, 0.717) is 5.56 Å². The van der Waals surface area contributed by atoms with E-state index in [-0.39, 0.29) is 36.9 Å². The number of benzene rings is 1. The van der Waals surface area contributed by atoms with Crippen molar-refractivity contribution in [3.05, 3.63) is 53.5 Å². The number of aromatic nitrogens is 4. The summed E-state index contributed by atoms with van der Waals surface area (Å²) in [6, 6.07) is 6.85. The molecule has 0 radical (unpaired) electrons. The second kappa shape index (κ2) is 6.18. The van der Waals surface area contributed by atoms with Crippen molar-refractivity contribution in [2.45, 2.75) is 19.3 Å². The highest BCUT2D eigenvalue weighted by atomic mass is 19.4. The topological polar surface area (TPSA) is 77.0 Å². The summed E-state index contributed by atoms with van der Waals surface area (Å²) in [5.41, 5.74) is 0.537. The van der Waals surface area contributed by atoms with Crippen molar-refractivity contribution < 1.29 is 26.9 Å². The molecule has 0 bridgehead atoms. The van der Waals surface area contributed by atoms with Gasteiger partial charge in [0.15, 0.2) is 17.3 Å². The second-order valence-electron chi connectivity index (χ2n) is 5.90. The molecule has 2 aromatic heterocycles. The predicted octanol–water partition coefficient (Wildman–Crippen LogP) is 2.75. The summed E-state index contributed by atoms with van der Waals surface area (Å²) >= 11 is 0. The van der Waals surface area contributed by atoms with Crippen LogP contribution in [0.5, 0.6) is 0 Å². The average Bonchev–Trinajstić information content (AvgIpc) is 3.28. The molecule has 0 atom stereocenters. The molecule has 1 aromatic carbocycles. The van der Waals surface area contributed by atoms with E-state index < -0.39 is 23.7 Å². The van der Waals surface area contributed by atoms with Gasteiger partial charge in [-0.05, 0) is 24.3 Å². The van der Waals surface area contributed by atoms with Crippen molar-refractivity contribution in [2.24, 2.45) is 0 Å². The van der Waals surface area contributed by atoms with E-state index in [0.717, 1.165) is 4.57 Å². The van der Waals surface area contributed by atoms with E-state index in [9.17, 15) is 22.4 Å². The van der Waals surface area contributed by atoms with Crippen LogP contribution in [0.1, 0.15) is 22.1 Å². The van der Waals surface area contributed by atoms with Gasteiger partial charge < -0.3 is 14.0 Å². The highest BCUT2D eigenvalue weighted by molar-refractivity contribution is 5.93. The standard InChI is InChI=1S/C16H11F4N5O2/c17-10-3-1-9(2-4-10)12-7-11(23-27-12)14(26)24-5-6-25-13(8-24)21-22-15(25)16(18,19)20/h1-4,7H,5-6,8H2. The summed E-state index contributed by atoms with van der Waals surface area (Å²) in [4.78, 5) is 13.9. The van der Waals surface area contributed by atoms with Crippen molar-refractivity contribution in [1.82, 2.24) is 24.8 Å². The van der Waals surface area contributed by atoms with Gasteiger partial charge in [-0.3, -0.25) is 4.79 Å². The molecular formula is C16H11F4N5O2. The minimum absolute atomic E-state index is 0.00154. The van der Waals surface area contributed by atoms with Crippen LogP contribution in [0.3, 0.4) is 0 Å². The smallest absolute Gasteiger partial charge is 0.355 e. The van der Waals surface area contributed by atoms with Crippen molar-refractivity contribution in [2.75, 3.05) is 6.54 Å². The Balaban J connectivity index is 1.53. The third kappa shape index (κ3) is 3.15. The minimum Gasteiger partial charge on any atom is -0.355 e. The molecule has 0 N–H and O–H groups in total. The lowest BCUT2D eigenvalue weighted by molar-refractivity contribution is -0.147. The van der Waals surface area contributed by atoms with E-state index in [4.69, 9.17) is 4.52 Å². The van der Waals surface area contributed by atoms with Crippen LogP contribution in [0, 0.1) is 5.82 Å². The van der Waals surface area contributed by atoms with Gasteiger partial charge >= 0.3 is 6.18 Å². The first-order valence-electron chi connectivity index (χ1n) is 7.84. The van der Waals surface area contributed by atoms with Gasteiger partial charge in [0.2, 0.25) is 5.82 Å². The second-order valence-corrected chi connectivity index (χ2v) is 5.90. The van der Waals surface area contributed by atoms with Crippen LogP contribution in [-0.4, -0.2) is 37.3 Å². The maximum atomic E-state index is 13.0. The predicted molar refractivity (Wildman–Crippen MR) is 81.7 cm³/mol. The quantitative estimate of drug-likeness (QED) is 0.638. The normalized spacial score (nSPS) is 14.3. The van der Waals surface area contributed by atoms with Gasteiger partial charge in [0.1, 0.15) is 5.82 Å². The van der Waals surface area contributed by atoms with Gasteiger partial charge in [-0.25, -0.2) is 4.39 Å². The minimum atomic E-state index is -4.60. The van der Waals surface area contributed by atoms with Crippen LogP contribution in [0.25, 0.3) is 11.3 Å². The molecule has 0 unspecified atom stereocenters. The summed E-state index contributed by atoms with van der Waals surface area (Å²) in [6.45, 7) is -0.155. The zero-order chi connectivity index (χ0) is 19.2. The first-order valence-corrected chi connectivity index (χ1v) is 7.84. The van der Waals surface area contributed by atoms with Gasteiger partial charge in [-0.2, -0.15) is 13.2 Å². The summed E-state index contributed by atoms with van der Waals surface area (Å²) in [5, 5.41) is 10.4. The molecule has 0 saturated heterocycles. The highest BCUT2D eigenvalue weighted by Gasteiger charge is 2.40. The van der Waals surface area contributed by atoms with Crippen LogP contribution in [0.15, 0.2) is 34.9 Å². The number of amides is 1. The van der Waals surface area contributed by atoms with Crippen LogP contribution in [0.4, 0.5) is 17.6 Å². The zero-order valence-corrected chi connectivity index (χ0v) is 13.6. The molecule has 1 aliphatic heterocycles. The van der Waals surface area contributed by atoms with Crippen molar-refractivity contribution >= 4 is 5.91 Å². The summed E-state index contributed by atoms with van der Waals surface area (Å²) in [5.74, 6) is -1.67. The Morgan fingerprint density at radius 2 is 1.85 bits per heavy atom. The van der Waals surface area contributed by atoms with E-state index in [2.05, 4.69) is 15.4 Å². The molecule has 3 aromatic rings. The largest absolute Gasteiger partial charge is 0.451 e. The number of carbonyl (C=O) groups excluding carboxylic acids is 1. The summed E-state index contributed by atoms with van der Waals surface area (Å²) in [6.07, 6.45) is -4.60. The van der Waals surface area contributed by atoms with Gasteiger partial charge in [-0.15, -0.1) is 10.2 Å². The Kier molecular flexibility index (Phi) is 3.93. The lowest BCUT2D eigenvalue weighted by Crippen LogP contribution is -2.39. The average molecular weight is 381 g/mol. The van der Waals surface area contributed by atoms with Gasteiger partial charge in [0.05, 0.1) is 6.54 Å². The van der Waals surface area contributed by atoms with Crippen molar-refractivity contribution in [1.29, 1.82) is 0 Å². The molecule has 3 heterocycles. The lowest BCUT2D eigenvalue weighted by atomic mass is 10.1. The first kappa shape index (κ1) is 17.2. The molecule has 0 aliphatic carbocycles. The monoisotopic (exact) mass is 381 g/mol. The SMILES string of the molecule is O=C(c1cc(-c2ccc(F)cc2)on1)N1CCn2c(nnc2C(F)(F)F)C1. The fourth-order valence-corrected chi connectivity index (χ4v) is 2.83. The van der Waals surface area contributed by atoms with Gasteiger partial charge in [0, 0.05) is 24.7 Å². The number of carbonyl (C=O) groups is 1. The molecule has 4 rings (SSSR count). The molecule has 140 valence electrons. The first-order chi connectivity index (χ1) is 12.8. The Hall–Kier alpha value is -3.24. The third-order valence-electron chi connectivity index (χ3n) is 4.15. The third-order valence-corrected chi connectivity index (χ3v) is 4.15. The number of alkyl halides is 3.